The van der Waals surface area contributed by atoms with Crippen LogP contribution in [0.4, 0.5) is 8.78 Å². The molecule has 1 fully saturated rings. The summed E-state index contributed by atoms with van der Waals surface area (Å²) >= 11 is 0. The maximum atomic E-state index is 13.7. The van der Waals surface area contributed by atoms with Gasteiger partial charge < -0.3 is 29.6 Å². The third-order valence-electron chi connectivity index (χ3n) is 7.61. The number of fused-ring (bicyclic) bond motifs is 2. The molecule has 44 heavy (non-hydrogen) atoms. The van der Waals surface area contributed by atoms with Crippen LogP contribution in [0.25, 0.3) is 16.6 Å². The summed E-state index contributed by atoms with van der Waals surface area (Å²) in [5.74, 6) is -4.08. The highest BCUT2D eigenvalue weighted by Gasteiger charge is 2.35. The number of rotatable bonds is 9. The van der Waals surface area contributed by atoms with Gasteiger partial charge in [-0.2, -0.15) is 13.9 Å². The molecule has 230 valence electrons. The van der Waals surface area contributed by atoms with Gasteiger partial charge in [0, 0.05) is 30.0 Å². The Morgan fingerprint density at radius 3 is 2.77 bits per heavy atom. The molecule has 1 aromatic heterocycles. The van der Waals surface area contributed by atoms with E-state index in [-0.39, 0.29) is 18.7 Å². The smallest absolute Gasteiger partial charge is 0.321 e. The van der Waals surface area contributed by atoms with Crippen LogP contribution in [0.3, 0.4) is 0 Å². The third-order valence-corrected chi connectivity index (χ3v) is 7.61. The lowest BCUT2D eigenvalue weighted by molar-refractivity contribution is -0.144. The third kappa shape index (κ3) is 6.36. The second kappa shape index (κ2) is 12.2. The molecule has 0 saturated carbocycles. The van der Waals surface area contributed by atoms with E-state index in [1.807, 2.05) is 18.2 Å². The summed E-state index contributed by atoms with van der Waals surface area (Å²) in [6, 6.07) is 17.1. The Bertz CT molecular complexity index is 1680. The van der Waals surface area contributed by atoms with E-state index in [2.05, 4.69) is 15.7 Å². The van der Waals surface area contributed by atoms with Crippen molar-refractivity contribution in [3.63, 3.8) is 0 Å². The number of benzene rings is 3. The topological polar surface area (TPSA) is 113 Å². The van der Waals surface area contributed by atoms with Crippen molar-refractivity contribution in [3.8, 4) is 17.2 Å². The number of amides is 2. The molecule has 2 aliphatic rings. The molecule has 6 rings (SSSR count). The molecule has 10 nitrogen and oxygen atoms in total. The first-order valence-corrected chi connectivity index (χ1v) is 14.3. The van der Waals surface area contributed by atoms with Gasteiger partial charge in [0.25, 0.3) is 11.8 Å². The van der Waals surface area contributed by atoms with E-state index in [1.165, 1.54) is 0 Å². The average molecular weight is 607 g/mol. The van der Waals surface area contributed by atoms with Crippen LogP contribution in [0, 0.1) is 0 Å². The quantitative estimate of drug-likeness (QED) is 0.284. The number of nitrogens with one attached hydrogen (secondary N) is 2. The van der Waals surface area contributed by atoms with E-state index in [0.717, 1.165) is 22.9 Å². The van der Waals surface area contributed by atoms with Crippen molar-refractivity contribution in [2.45, 2.75) is 51.0 Å². The summed E-state index contributed by atoms with van der Waals surface area (Å²) in [4.78, 5) is 25.0. The van der Waals surface area contributed by atoms with Crippen LogP contribution in [-0.2, 0) is 20.9 Å². The highest BCUT2D eigenvalue weighted by Crippen LogP contribution is 2.33. The number of halogens is 2. The van der Waals surface area contributed by atoms with Gasteiger partial charge in [0.15, 0.2) is 6.79 Å². The summed E-state index contributed by atoms with van der Waals surface area (Å²) in [5, 5.41) is 10.7. The van der Waals surface area contributed by atoms with Crippen LogP contribution < -0.4 is 20.1 Å². The summed E-state index contributed by atoms with van der Waals surface area (Å²) in [5.41, 5.74) is 3.46. The van der Waals surface area contributed by atoms with Crippen molar-refractivity contribution in [3.05, 3.63) is 83.6 Å². The Morgan fingerprint density at radius 2 is 1.98 bits per heavy atom. The number of carbonyl (C=O) groups is 2. The van der Waals surface area contributed by atoms with Crippen molar-refractivity contribution in [2.75, 3.05) is 20.0 Å². The van der Waals surface area contributed by atoms with Gasteiger partial charge in [-0.15, -0.1) is 0 Å². The molecule has 0 spiro atoms. The predicted octanol–water partition coefficient (Wildman–Crippen LogP) is 4.69. The number of nitrogens with zero attached hydrogens (tertiary/aromatic N) is 2. The number of aromatic nitrogens is 2. The summed E-state index contributed by atoms with van der Waals surface area (Å²) in [6.45, 7) is 3.79. The number of hydrogen-bond acceptors (Lipinski definition) is 7. The van der Waals surface area contributed by atoms with Crippen LogP contribution in [0.1, 0.15) is 47.9 Å². The Kier molecular flexibility index (Phi) is 8.19. The van der Waals surface area contributed by atoms with Crippen LogP contribution in [0.5, 0.6) is 11.5 Å². The fourth-order valence-electron chi connectivity index (χ4n) is 5.26. The largest absolute Gasteiger partial charge is 0.484 e. The molecule has 2 amide bonds. The minimum atomic E-state index is -3.55. The Hall–Kier alpha value is -4.55. The maximum absolute atomic E-state index is 13.7. The molecule has 3 atom stereocenters. The lowest BCUT2D eigenvalue weighted by atomic mass is 10.00. The second-order valence-corrected chi connectivity index (χ2v) is 11.0. The van der Waals surface area contributed by atoms with Gasteiger partial charge in [0.1, 0.15) is 17.6 Å². The number of alkyl halides is 2. The van der Waals surface area contributed by atoms with Crippen LogP contribution in [0.2, 0.25) is 0 Å². The van der Waals surface area contributed by atoms with Crippen molar-refractivity contribution < 1.29 is 37.3 Å². The molecule has 12 heteroatoms. The van der Waals surface area contributed by atoms with Crippen molar-refractivity contribution in [1.82, 2.24) is 20.4 Å². The average Bonchev–Trinajstić information content (AvgIpc) is 3.69. The first-order valence-electron chi connectivity index (χ1n) is 14.3. The summed E-state index contributed by atoms with van der Waals surface area (Å²) in [7, 11) is 0. The molecule has 4 aromatic rings. The molecule has 2 N–H and O–H groups in total. The van der Waals surface area contributed by atoms with E-state index >= 15 is 0 Å². The molecule has 3 heterocycles. The van der Waals surface area contributed by atoms with Crippen LogP contribution in [-0.4, -0.2) is 59.6 Å². The minimum absolute atomic E-state index is 0.00344. The first kappa shape index (κ1) is 29.5. The minimum Gasteiger partial charge on any atom is -0.484 e. The fraction of sp³-hybridized carbons (Fsp3) is 0.344. The van der Waals surface area contributed by atoms with Gasteiger partial charge in [0.2, 0.25) is 0 Å². The summed E-state index contributed by atoms with van der Waals surface area (Å²) < 4.78 is 51.9. The SMILES string of the molecule is C[C@H](NC(=O)C(C)(F)F)[C@H](Oc1ccc2c(cnn2-c2cccc(C(=O)N[C@@H]3CCOC3)c2)c1)c1ccc2c(c1)OCOC2. The van der Waals surface area contributed by atoms with Gasteiger partial charge in [0.05, 0.1) is 42.7 Å². The van der Waals surface area contributed by atoms with E-state index in [4.69, 9.17) is 18.9 Å². The number of carbonyl (C=O) groups excluding carboxylic acids is 2. The molecule has 2 aliphatic heterocycles. The molecule has 0 aliphatic carbocycles. The zero-order chi connectivity index (χ0) is 30.8. The van der Waals surface area contributed by atoms with Gasteiger partial charge >= 0.3 is 5.92 Å². The highest BCUT2D eigenvalue weighted by molar-refractivity contribution is 5.95. The number of hydrogen-bond donors (Lipinski definition) is 2. The Labute approximate surface area is 252 Å². The van der Waals surface area contributed by atoms with E-state index in [0.29, 0.717) is 55.1 Å². The van der Waals surface area contributed by atoms with Crippen molar-refractivity contribution in [2.24, 2.45) is 0 Å². The molecular formula is C32H32F2N4O6. The van der Waals surface area contributed by atoms with Gasteiger partial charge in [-0.1, -0.05) is 18.2 Å². The molecule has 0 unspecified atom stereocenters. The zero-order valence-electron chi connectivity index (χ0n) is 24.2. The van der Waals surface area contributed by atoms with Crippen molar-refractivity contribution in [1.29, 1.82) is 0 Å². The predicted molar refractivity (Wildman–Crippen MR) is 156 cm³/mol. The van der Waals surface area contributed by atoms with Gasteiger partial charge in [-0.3, -0.25) is 9.59 Å². The van der Waals surface area contributed by atoms with Crippen molar-refractivity contribution >= 4 is 22.7 Å². The standard InChI is InChI=1S/C32H32F2N4O6/c1-19(36-31(40)32(2,33)34)29(20-6-7-22-16-42-18-43-28(22)14-20)44-26-8-9-27-23(13-26)15-35-38(27)25-5-3-4-21(12-25)30(39)37-24-10-11-41-17-24/h3-9,12-15,19,24,29H,10-11,16-18H2,1-2H3,(H,36,40)(H,37,39)/t19-,24+,29-/m0/s1. The van der Waals surface area contributed by atoms with E-state index in [9.17, 15) is 18.4 Å². The van der Waals surface area contributed by atoms with Crippen LogP contribution >= 0.6 is 0 Å². The summed E-state index contributed by atoms with van der Waals surface area (Å²) in [6.07, 6.45) is 1.63. The molecule has 0 bridgehead atoms. The Morgan fingerprint density at radius 1 is 1.11 bits per heavy atom. The van der Waals surface area contributed by atoms with Crippen LogP contribution in [0.15, 0.2) is 66.9 Å². The van der Waals surface area contributed by atoms with Gasteiger partial charge in [-0.05, 0) is 61.4 Å². The molecular weight excluding hydrogens is 574 g/mol. The lowest BCUT2D eigenvalue weighted by Gasteiger charge is -2.28. The molecule has 1 saturated heterocycles. The zero-order valence-corrected chi connectivity index (χ0v) is 24.2. The van der Waals surface area contributed by atoms with E-state index < -0.39 is 24.0 Å². The fourth-order valence-corrected chi connectivity index (χ4v) is 5.26. The number of ether oxygens (including phenoxy) is 4. The Balaban J connectivity index is 1.26. The maximum Gasteiger partial charge on any atom is 0.321 e. The van der Waals surface area contributed by atoms with Gasteiger partial charge in [-0.25, -0.2) is 4.68 Å². The highest BCUT2D eigenvalue weighted by atomic mass is 19.3. The van der Waals surface area contributed by atoms with E-state index in [1.54, 1.807) is 60.3 Å². The normalized spacial score (nSPS) is 17.8. The lowest BCUT2D eigenvalue weighted by Crippen LogP contribution is -2.46. The first-order chi connectivity index (χ1) is 21.2. The molecule has 3 aromatic carbocycles. The monoisotopic (exact) mass is 606 g/mol. The molecule has 0 radical (unpaired) electrons. The second-order valence-electron chi connectivity index (χ2n) is 11.0.